The average Bonchev–Trinajstić information content (AvgIpc) is 1.94. The highest BCUT2D eigenvalue weighted by atomic mass is 16.1. The molecular formula is C9H10NO. The second-order valence-corrected chi connectivity index (χ2v) is 2.58. The summed E-state index contributed by atoms with van der Waals surface area (Å²) in [5.41, 5.74) is 9.39. The third-order valence-electron chi connectivity index (χ3n) is 1.85. The molecule has 2 heteroatoms. The number of hydrogen-bond acceptors (Lipinski definition) is 1. The van der Waals surface area contributed by atoms with Crippen LogP contribution in [0.4, 0.5) is 0 Å². The zero-order valence-corrected chi connectivity index (χ0v) is 6.64. The van der Waals surface area contributed by atoms with Gasteiger partial charge in [0, 0.05) is 5.56 Å². The molecule has 0 heterocycles. The zero-order valence-electron chi connectivity index (χ0n) is 6.64. The molecule has 0 aliphatic heterocycles. The molecule has 11 heavy (non-hydrogen) atoms. The van der Waals surface area contributed by atoms with Crippen molar-refractivity contribution >= 4 is 5.91 Å². The van der Waals surface area contributed by atoms with E-state index in [2.05, 4.69) is 0 Å². The normalized spacial score (nSPS) is 9.64. The van der Waals surface area contributed by atoms with Crippen molar-refractivity contribution in [3.8, 4) is 0 Å². The van der Waals surface area contributed by atoms with Gasteiger partial charge in [-0.05, 0) is 31.0 Å². The van der Waals surface area contributed by atoms with Crippen molar-refractivity contribution in [3.63, 3.8) is 0 Å². The van der Waals surface area contributed by atoms with Crippen molar-refractivity contribution in [3.05, 3.63) is 34.9 Å². The Kier molecular flexibility index (Phi) is 1.94. The molecule has 1 rings (SSSR count). The summed E-state index contributed by atoms with van der Waals surface area (Å²) in [7, 11) is 0. The van der Waals surface area contributed by atoms with Crippen LogP contribution >= 0.6 is 0 Å². The van der Waals surface area contributed by atoms with Crippen LogP contribution in [0.1, 0.15) is 21.5 Å². The molecule has 1 amide bonds. The lowest BCUT2D eigenvalue weighted by molar-refractivity contribution is 0.0991. The van der Waals surface area contributed by atoms with E-state index in [4.69, 9.17) is 5.73 Å². The molecule has 0 spiro atoms. The minimum atomic E-state index is -0.605. The van der Waals surface area contributed by atoms with Crippen LogP contribution in [0.5, 0.6) is 0 Å². The van der Waals surface area contributed by atoms with Gasteiger partial charge in [-0.1, -0.05) is 12.1 Å². The summed E-state index contributed by atoms with van der Waals surface area (Å²) in [6, 6.07) is 5.41. The summed E-state index contributed by atoms with van der Waals surface area (Å²) in [5, 5.41) is 0. The van der Waals surface area contributed by atoms with Crippen molar-refractivity contribution in [2.45, 2.75) is 13.8 Å². The van der Waals surface area contributed by atoms with Gasteiger partial charge < -0.3 is 0 Å². The first-order chi connectivity index (χ1) is 5.13. The predicted molar refractivity (Wildman–Crippen MR) is 43.3 cm³/mol. The number of amides is 1. The molecule has 57 valence electrons. The van der Waals surface area contributed by atoms with E-state index in [1.54, 1.807) is 12.1 Å². The SMILES string of the molecule is Cc1cccc(C([NH])=O)c1C. The lowest BCUT2D eigenvalue weighted by Gasteiger charge is -2.02. The number of rotatable bonds is 1. The molecule has 0 aliphatic rings. The van der Waals surface area contributed by atoms with E-state index in [0.29, 0.717) is 5.56 Å². The number of carbonyl (C=O) groups is 1. The van der Waals surface area contributed by atoms with Crippen molar-refractivity contribution in [2.75, 3.05) is 0 Å². The Balaban J connectivity index is 3.27. The van der Waals surface area contributed by atoms with E-state index >= 15 is 0 Å². The Morgan fingerprint density at radius 2 is 2.00 bits per heavy atom. The van der Waals surface area contributed by atoms with E-state index in [-0.39, 0.29) is 0 Å². The summed E-state index contributed by atoms with van der Waals surface area (Å²) in [6.07, 6.45) is 0. The van der Waals surface area contributed by atoms with Crippen LogP contribution in [-0.4, -0.2) is 5.91 Å². The number of benzene rings is 1. The lowest BCUT2D eigenvalue weighted by Crippen LogP contribution is -2.02. The van der Waals surface area contributed by atoms with Gasteiger partial charge >= 0.3 is 0 Å². The van der Waals surface area contributed by atoms with E-state index in [1.165, 1.54) is 0 Å². The maximum Gasteiger partial charge on any atom is 0.269 e. The van der Waals surface area contributed by atoms with Gasteiger partial charge in [-0.3, -0.25) is 10.5 Å². The van der Waals surface area contributed by atoms with Gasteiger partial charge in [0.15, 0.2) is 0 Å². The van der Waals surface area contributed by atoms with E-state index in [9.17, 15) is 4.79 Å². The molecule has 0 aromatic heterocycles. The van der Waals surface area contributed by atoms with E-state index in [1.807, 2.05) is 19.9 Å². The molecule has 1 N–H and O–H groups in total. The first-order valence-electron chi connectivity index (χ1n) is 3.45. The number of nitrogens with one attached hydrogen (secondary N) is 1. The highest BCUT2D eigenvalue weighted by molar-refractivity contribution is 5.93. The van der Waals surface area contributed by atoms with Gasteiger partial charge in [0.1, 0.15) is 0 Å². The topological polar surface area (TPSA) is 40.9 Å². The number of hydrogen-bond donors (Lipinski definition) is 0. The van der Waals surface area contributed by atoms with Crippen molar-refractivity contribution < 1.29 is 4.79 Å². The summed E-state index contributed by atoms with van der Waals surface area (Å²) < 4.78 is 0. The molecular weight excluding hydrogens is 138 g/mol. The average molecular weight is 148 g/mol. The summed E-state index contributed by atoms with van der Waals surface area (Å²) in [6.45, 7) is 3.79. The molecule has 1 radical (unpaired) electrons. The van der Waals surface area contributed by atoms with Crippen LogP contribution in [0.25, 0.3) is 0 Å². The molecule has 0 aliphatic carbocycles. The molecule has 0 atom stereocenters. The second kappa shape index (κ2) is 2.74. The quantitative estimate of drug-likeness (QED) is 0.597. The highest BCUT2D eigenvalue weighted by Crippen LogP contribution is 2.11. The summed E-state index contributed by atoms with van der Waals surface area (Å²) in [4.78, 5) is 10.7. The smallest absolute Gasteiger partial charge is 0.267 e. The van der Waals surface area contributed by atoms with Gasteiger partial charge in [-0.2, -0.15) is 0 Å². The molecule has 1 aromatic rings. The van der Waals surface area contributed by atoms with Gasteiger partial charge in [0.2, 0.25) is 0 Å². The van der Waals surface area contributed by atoms with Gasteiger partial charge in [-0.15, -0.1) is 0 Å². The Hall–Kier alpha value is -1.31. The monoisotopic (exact) mass is 148 g/mol. The molecule has 1 aromatic carbocycles. The molecule has 0 unspecified atom stereocenters. The largest absolute Gasteiger partial charge is 0.269 e. The van der Waals surface area contributed by atoms with Crippen LogP contribution in [0.3, 0.4) is 0 Å². The molecule has 0 fully saturated rings. The first-order valence-corrected chi connectivity index (χ1v) is 3.45. The van der Waals surface area contributed by atoms with Crippen molar-refractivity contribution in [1.82, 2.24) is 5.73 Å². The van der Waals surface area contributed by atoms with Gasteiger partial charge in [0.25, 0.3) is 5.91 Å². The van der Waals surface area contributed by atoms with Crippen LogP contribution in [-0.2, 0) is 0 Å². The van der Waals surface area contributed by atoms with Crippen molar-refractivity contribution in [1.29, 1.82) is 0 Å². The molecule has 0 saturated carbocycles. The molecule has 0 saturated heterocycles. The summed E-state index contributed by atoms with van der Waals surface area (Å²) >= 11 is 0. The Morgan fingerprint density at radius 3 is 2.45 bits per heavy atom. The van der Waals surface area contributed by atoms with Crippen molar-refractivity contribution in [2.24, 2.45) is 0 Å². The zero-order chi connectivity index (χ0) is 8.43. The highest BCUT2D eigenvalue weighted by Gasteiger charge is 2.05. The third kappa shape index (κ3) is 1.40. The van der Waals surface area contributed by atoms with Gasteiger partial charge in [0.05, 0.1) is 0 Å². The standard InChI is InChI=1S/C9H10NO/c1-6-4-3-5-8(7(6)2)9(10)11/h3-5,10H,1-2H3. The number of carbonyl (C=O) groups excluding carboxylic acids is 1. The van der Waals surface area contributed by atoms with Gasteiger partial charge in [-0.25, -0.2) is 0 Å². The Morgan fingerprint density at radius 1 is 1.36 bits per heavy atom. The van der Waals surface area contributed by atoms with E-state index < -0.39 is 5.91 Å². The molecule has 2 nitrogen and oxygen atoms in total. The lowest BCUT2D eigenvalue weighted by atomic mass is 10.0. The van der Waals surface area contributed by atoms with E-state index in [0.717, 1.165) is 11.1 Å². The summed E-state index contributed by atoms with van der Waals surface area (Å²) in [5.74, 6) is -0.605. The van der Waals surface area contributed by atoms with Crippen LogP contribution in [0, 0.1) is 13.8 Å². The predicted octanol–water partition coefficient (Wildman–Crippen LogP) is 1.73. The number of aryl methyl sites for hydroxylation is 1. The minimum absolute atomic E-state index is 0.505. The fourth-order valence-electron chi connectivity index (χ4n) is 0.997. The second-order valence-electron chi connectivity index (χ2n) is 2.58. The molecule has 0 bridgehead atoms. The maximum atomic E-state index is 10.7. The third-order valence-corrected chi connectivity index (χ3v) is 1.85. The Labute approximate surface area is 66.0 Å². The fourth-order valence-corrected chi connectivity index (χ4v) is 0.997. The van der Waals surface area contributed by atoms with Crippen LogP contribution in [0.2, 0.25) is 0 Å². The van der Waals surface area contributed by atoms with Crippen LogP contribution < -0.4 is 5.73 Å². The maximum absolute atomic E-state index is 10.7. The van der Waals surface area contributed by atoms with Crippen LogP contribution in [0.15, 0.2) is 18.2 Å². The fraction of sp³-hybridized carbons (Fsp3) is 0.222. The Bertz CT molecular complexity index is 292. The minimum Gasteiger partial charge on any atom is -0.267 e. The first kappa shape index (κ1) is 7.79.